The molecule has 8 heteroatoms. The van der Waals surface area contributed by atoms with Gasteiger partial charge in [0.05, 0.1) is 6.54 Å². The number of alkyl halides is 3. The summed E-state index contributed by atoms with van der Waals surface area (Å²) in [5.74, 6) is 0.663. The number of ether oxygens (including phenoxy) is 1. The summed E-state index contributed by atoms with van der Waals surface area (Å²) in [7, 11) is 0. The van der Waals surface area contributed by atoms with Gasteiger partial charge in [-0.2, -0.15) is 0 Å². The number of anilines is 1. The fraction of sp³-hybridized carbons (Fsp3) is 0.588. The number of nitrogens with zero attached hydrogens (tertiary/aromatic N) is 2. The maximum atomic E-state index is 12.1. The van der Waals surface area contributed by atoms with Crippen molar-refractivity contribution in [2.75, 3.05) is 25.0 Å². The first-order chi connectivity index (χ1) is 11.7. The lowest BCUT2D eigenvalue weighted by molar-refractivity contribution is -0.274. The Labute approximate surface area is 146 Å². The molecule has 1 aromatic carbocycles. The first-order valence-electron chi connectivity index (χ1n) is 8.40. The highest BCUT2D eigenvalue weighted by Crippen LogP contribution is 2.24. The van der Waals surface area contributed by atoms with E-state index in [9.17, 15) is 13.2 Å². The summed E-state index contributed by atoms with van der Waals surface area (Å²) in [5, 5.41) is 2.87. The summed E-state index contributed by atoms with van der Waals surface area (Å²) < 4.78 is 40.2. The first-order valence-corrected chi connectivity index (χ1v) is 8.40. The molecule has 0 aliphatic carbocycles. The average molecular weight is 358 g/mol. The summed E-state index contributed by atoms with van der Waals surface area (Å²) in [5.41, 5.74) is 6.41. The van der Waals surface area contributed by atoms with Gasteiger partial charge in [-0.15, -0.1) is 13.2 Å². The topological polar surface area (TPSA) is 62.9 Å². The van der Waals surface area contributed by atoms with Crippen molar-refractivity contribution in [2.45, 2.75) is 39.1 Å². The molecule has 1 aliphatic rings. The zero-order valence-corrected chi connectivity index (χ0v) is 14.5. The van der Waals surface area contributed by atoms with Gasteiger partial charge in [-0.25, -0.2) is 0 Å². The standard InChI is InChI=1S/C17H25F3N4O/c1-12-4-3-9-24(11-12)13(2)10-22-16(21)23-14-5-7-15(8-6-14)25-17(18,19)20/h5-8,12-13H,3-4,9-11H2,1-2H3,(H3,21,22,23). The van der Waals surface area contributed by atoms with E-state index in [2.05, 4.69) is 33.8 Å². The highest BCUT2D eigenvalue weighted by molar-refractivity contribution is 5.92. The molecule has 0 spiro atoms. The molecule has 0 aromatic heterocycles. The number of guanidine groups is 1. The maximum absolute atomic E-state index is 12.1. The number of piperidine rings is 1. The SMILES string of the molecule is CC1CCCN(C(C)CN=C(N)Nc2ccc(OC(F)(F)F)cc2)C1. The zero-order chi connectivity index (χ0) is 18.4. The van der Waals surface area contributed by atoms with Crippen LogP contribution in [0.3, 0.4) is 0 Å². The van der Waals surface area contributed by atoms with E-state index in [1.54, 1.807) is 0 Å². The Morgan fingerprint density at radius 2 is 2.08 bits per heavy atom. The Hall–Kier alpha value is -1.96. The number of aliphatic imine (C=N–C) groups is 1. The van der Waals surface area contributed by atoms with E-state index in [0.717, 1.165) is 13.1 Å². The van der Waals surface area contributed by atoms with Gasteiger partial charge in [0.15, 0.2) is 5.96 Å². The predicted octanol–water partition coefficient (Wildman–Crippen LogP) is 3.43. The normalized spacial score (nSPS) is 21.0. The molecule has 1 aliphatic heterocycles. The van der Waals surface area contributed by atoms with Crippen LogP contribution in [0.2, 0.25) is 0 Å². The van der Waals surface area contributed by atoms with Crippen LogP contribution in [0.15, 0.2) is 29.3 Å². The number of likely N-dealkylation sites (tertiary alicyclic amines) is 1. The van der Waals surface area contributed by atoms with Crippen molar-refractivity contribution < 1.29 is 17.9 Å². The van der Waals surface area contributed by atoms with E-state index in [1.165, 1.54) is 37.1 Å². The fourth-order valence-electron chi connectivity index (χ4n) is 2.90. The minimum Gasteiger partial charge on any atom is -0.406 e. The molecule has 2 rings (SSSR count). The third-order valence-electron chi connectivity index (χ3n) is 4.20. The molecule has 0 amide bonds. The quantitative estimate of drug-likeness (QED) is 0.625. The second kappa shape index (κ2) is 8.42. The molecule has 0 bridgehead atoms. The Morgan fingerprint density at radius 1 is 1.40 bits per heavy atom. The molecule has 2 unspecified atom stereocenters. The molecule has 1 saturated heterocycles. The summed E-state index contributed by atoms with van der Waals surface area (Å²) in [6, 6.07) is 5.66. The van der Waals surface area contributed by atoms with Crippen molar-refractivity contribution in [1.82, 2.24) is 4.90 Å². The second-order valence-corrected chi connectivity index (χ2v) is 6.51. The van der Waals surface area contributed by atoms with Crippen LogP contribution in [0, 0.1) is 5.92 Å². The maximum Gasteiger partial charge on any atom is 0.573 e. The van der Waals surface area contributed by atoms with Gasteiger partial charge in [0.2, 0.25) is 0 Å². The molecule has 1 heterocycles. The number of rotatable bonds is 5. The van der Waals surface area contributed by atoms with E-state index in [4.69, 9.17) is 5.73 Å². The molecule has 3 N–H and O–H groups in total. The molecular weight excluding hydrogens is 333 g/mol. The van der Waals surface area contributed by atoms with Crippen molar-refractivity contribution in [3.05, 3.63) is 24.3 Å². The van der Waals surface area contributed by atoms with Crippen LogP contribution in [-0.4, -0.2) is 42.9 Å². The Balaban J connectivity index is 1.84. The Morgan fingerprint density at radius 3 is 2.68 bits per heavy atom. The van der Waals surface area contributed by atoms with Crippen molar-refractivity contribution in [2.24, 2.45) is 16.6 Å². The van der Waals surface area contributed by atoms with Gasteiger partial charge >= 0.3 is 6.36 Å². The molecule has 25 heavy (non-hydrogen) atoms. The van der Waals surface area contributed by atoms with Crippen LogP contribution in [0.25, 0.3) is 0 Å². The summed E-state index contributed by atoms with van der Waals surface area (Å²) in [6.45, 7) is 7.10. The molecule has 2 atom stereocenters. The van der Waals surface area contributed by atoms with Crippen LogP contribution < -0.4 is 15.8 Å². The van der Waals surface area contributed by atoms with Crippen LogP contribution >= 0.6 is 0 Å². The summed E-state index contributed by atoms with van der Waals surface area (Å²) in [4.78, 5) is 6.74. The molecule has 5 nitrogen and oxygen atoms in total. The molecule has 0 radical (unpaired) electrons. The van der Waals surface area contributed by atoms with E-state index in [0.29, 0.717) is 24.2 Å². The average Bonchev–Trinajstić information content (AvgIpc) is 2.53. The third kappa shape index (κ3) is 6.81. The second-order valence-electron chi connectivity index (χ2n) is 6.51. The lowest BCUT2D eigenvalue weighted by atomic mass is 9.99. The van der Waals surface area contributed by atoms with Gasteiger partial charge in [0.25, 0.3) is 0 Å². The summed E-state index contributed by atoms with van der Waals surface area (Å²) in [6.07, 6.45) is -2.23. The number of nitrogens with one attached hydrogen (secondary N) is 1. The largest absolute Gasteiger partial charge is 0.573 e. The van der Waals surface area contributed by atoms with Gasteiger partial charge < -0.3 is 15.8 Å². The van der Waals surface area contributed by atoms with E-state index in [-0.39, 0.29) is 11.7 Å². The highest BCUT2D eigenvalue weighted by Gasteiger charge is 2.30. The predicted molar refractivity (Wildman–Crippen MR) is 92.7 cm³/mol. The Kier molecular flexibility index (Phi) is 6.52. The zero-order valence-electron chi connectivity index (χ0n) is 14.5. The number of nitrogens with two attached hydrogens (primary N) is 1. The molecule has 0 saturated carbocycles. The van der Waals surface area contributed by atoms with Gasteiger partial charge in [-0.3, -0.25) is 9.89 Å². The summed E-state index contributed by atoms with van der Waals surface area (Å²) >= 11 is 0. The number of halogens is 3. The monoisotopic (exact) mass is 358 g/mol. The van der Waals surface area contributed by atoms with Crippen LogP contribution in [0.4, 0.5) is 18.9 Å². The lowest BCUT2D eigenvalue weighted by Gasteiger charge is -2.34. The highest BCUT2D eigenvalue weighted by atomic mass is 19.4. The van der Waals surface area contributed by atoms with Crippen molar-refractivity contribution >= 4 is 11.6 Å². The van der Waals surface area contributed by atoms with E-state index < -0.39 is 6.36 Å². The number of hydrogen-bond acceptors (Lipinski definition) is 3. The third-order valence-corrected chi connectivity index (χ3v) is 4.20. The smallest absolute Gasteiger partial charge is 0.406 e. The van der Waals surface area contributed by atoms with Crippen LogP contribution in [0.1, 0.15) is 26.7 Å². The first kappa shape index (κ1) is 19.4. The van der Waals surface area contributed by atoms with E-state index >= 15 is 0 Å². The van der Waals surface area contributed by atoms with E-state index in [1.807, 2.05) is 0 Å². The fourth-order valence-corrected chi connectivity index (χ4v) is 2.90. The molecular formula is C17H25F3N4O. The van der Waals surface area contributed by atoms with Crippen LogP contribution in [-0.2, 0) is 0 Å². The van der Waals surface area contributed by atoms with Gasteiger partial charge in [0, 0.05) is 18.3 Å². The van der Waals surface area contributed by atoms with Crippen LogP contribution in [0.5, 0.6) is 5.75 Å². The lowest BCUT2D eigenvalue weighted by Crippen LogP contribution is -2.42. The minimum absolute atomic E-state index is 0.237. The molecule has 1 aromatic rings. The van der Waals surface area contributed by atoms with Gasteiger partial charge in [-0.05, 0) is 56.5 Å². The van der Waals surface area contributed by atoms with Crippen molar-refractivity contribution in [3.63, 3.8) is 0 Å². The number of benzene rings is 1. The van der Waals surface area contributed by atoms with Crippen molar-refractivity contribution in [3.8, 4) is 5.75 Å². The molecule has 1 fully saturated rings. The number of hydrogen-bond donors (Lipinski definition) is 2. The van der Waals surface area contributed by atoms with Gasteiger partial charge in [0.1, 0.15) is 5.75 Å². The Bertz CT molecular complexity index is 574. The van der Waals surface area contributed by atoms with Gasteiger partial charge in [-0.1, -0.05) is 6.92 Å². The minimum atomic E-state index is -4.70. The van der Waals surface area contributed by atoms with Crippen molar-refractivity contribution in [1.29, 1.82) is 0 Å². The molecule has 140 valence electrons.